The van der Waals surface area contributed by atoms with Gasteiger partial charge in [-0.1, -0.05) is 152 Å². The first-order valence-corrected chi connectivity index (χ1v) is 16.2. The second kappa shape index (κ2) is 11.3. The third-order valence-corrected chi connectivity index (χ3v) is 9.39. The van der Waals surface area contributed by atoms with Gasteiger partial charge in [-0.05, 0) is 96.4 Å². The zero-order valence-corrected chi connectivity index (χ0v) is 25.8. The Hall–Kier alpha value is -6.18. The number of fused-ring (bicyclic) bond motifs is 4. The Bertz CT molecular complexity index is 2560. The van der Waals surface area contributed by atoms with Crippen LogP contribution in [-0.2, 0) is 0 Å². The minimum absolute atomic E-state index is 1.12. The van der Waals surface area contributed by atoms with Gasteiger partial charge in [0.2, 0.25) is 0 Å². The van der Waals surface area contributed by atoms with Crippen LogP contribution in [-0.4, -0.2) is 0 Å². The van der Waals surface area contributed by atoms with Gasteiger partial charge in [-0.15, -0.1) is 0 Å². The van der Waals surface area contributed by atoms with E-state index in [4.69, 9.17) is 0 Å². The summed E-state index contributed by atoms with van der Waals surface area (Å²) in [4.78, 5) is 2.40. The van der Waals surface area contributed by atoms with Crippen molar-refractivity contribution in [1.29, 1.82) is 0 Å². The fourth-order valence-electron chi connectivity index (χ4n) is 7.28. The van der Waals surface area contributed by atoms with E-state index in [1.807, 2.05) is 0 Å². The SMILES string of the molecule is c1ccc(-c2c3ccccc3c(-c3ccc4ccccc4c3)c3ccc(N(c4ccccc4)c4cccc5ccccc45)cc23)cc1. The Morgan fingerprint density at radius 3 is 1.62 bits per heavy atom. The fraction of sp³-hybridized carbons (Fsp3) is 0. The number of para-hydroxylation sites is 1. The predicted octanol–water partition coefficient (Wildman–Crippen LogP) is 13.1. The van der Waals surface area contributed by atoms with Crippen LogP contribution in [0, 0.1) is 0 Å². The molecule has 0 N–H and O–H groups in total. The quantitative estimate of drug-likeness (QED) is 0.178. The van der Waals surface area contributed by atoms with Crippen molar-refractivity contribution in [2.24, 2.45) is 0 Å². The lowest BCUT2D eigenvalue weighted by atomic mass is 9.85. The van der Waals surface area contributed by atoms with E-state index in [1.165, 1.54) is 65.3 Å². The average Bonchev–Trinajstić information content (AvgIpc) is 3.14. The van der Waals surface area contributed by atoms with E-state index in [-0.39, 0.29) is 0 Å². The first kappa shape index (κ1) is 27.2. The summed E-state index contributed by atoms with van der Waals surface area (Å²) in [6.07, 6.45) is 0. The van der Waals surface area contributed by atoms with E-state index in [0.29, 0.717) is 0 Å². The third-order valence-electron chi connectivity index (χ3n) is 9.39. The van der Waals surface area contributed by atoms with Crippen LogP contribution in [0.15, 0.2) is 188 Å². The van der Waals surface area contributed by atoms with E-state index >= 15 is 0 Å². The van der Waals surface area contributed by atoms with E-state index in [9.17, 15) is 0 Å². The van der Waals surface area contributed by atoms with Crippen molar-refractivity contribution in [2.75, 3.05) is 4.90 Å². The molecule has 0 fully saturated rings. The number of nitrogens with zero attached hydrogens (tertiary/aromatic N) is 1. The summed E-state index contributed by atoms with van der Waals surface area (Å²) in [6, 6.07) is 68.3. The Labute approximate surface area is 274 Å². The lowest BCUT2D eigenvalue weighted by molar-refractivity contribution is 1.30. The van der Waals surface area contributed by atoms with Crippen LogP contribution in [0.1, 0.15) is 0 Å². The van der Waals surface area contributed by atoms with Crippen molar-refractivity contribution in [2.45, 2.75) is 0 Å². The van der Waals surface area contributed by atoms with Crippen LogP contribution in [0.5, 0.6) is 0 Å². The molecule has 9 aromatic carbocycles. The highest BCUT2D eigenvalue weighted by Crippen LogP contribution is 2.47. The molecule has 0 atom stereocenters. The second-order valence-electron chi connectivity index (χ2n) is 12.1. The molecular formula is C46H31N. The lowest BCUT2D eigenvalue weighted by Crippen LogP contribution is -2.10. The Morgan fingerprint density at radius 1 is 0.277 bits per heavy atom. The normalized spacial score (nSPS) is 11.4. The molecule has 0 heterocycles. The smallest absolute Gasteiger partial charge is 0.0540 e. The molecule has 220 valence electrons. The van der Waals surface area contributed by atoms with E-state index in [0.717, 1.165) is 17.1 Å². The number of hydrogen-bond donors (Lipinski definition) is 0. The molecule has 0 aliphatic heterocycles. The maximum Gasteiger partial charge on any atom is 0.0540 e. The zero-order valence-electron chi connectivity index (χ0n) is 25.8. The van der Waals surface area contributed by atoms with Crippen molar-refractivity contribution < 1.29 is 0 Å². The van der Waals surface area contributed by atoms with Gasteiger partial charge in [0, 0.05) is 16.8 Å². The predicted molar refractivity (Wildman–Crippen MR) is 202 cm³/mol. The summed E-state index contributed by atoms with van der Waals surface area (Å²) in [5, 5.41) is 9.93. The second-order valence-corrected chi connectivity index (χ2v) is 12.1. The highest BCUT2D eigenvalue weighted by molar-refractivity contribution is 6.22. The van der Waals surface area contributed by atoms with Crippen LogP contribution < -0.4 is 4.90 Å². The molecule has 9 aromatic rings. The molecule has 1 heteroatoms. The Morgan fingerprint density at radius 2 is 0.851 bits per heavy atom. The summed E-state index contributed by atoms with van der Waals surface area (Å²) in [5.74, 6) is 0. The minimum Gasteiger partial charge on any atom is -0.310 e. The van der Waals surface area contributed by atoms with Crippen molar-refractivity contribution in [3.05, 3.63) is 188 Å². The van der Waals surface area contributed by atoms with Gasteiger partial charge in [0.15, 0.2) is 0 Å². The monoisotopic (exact) mass is 597 g/mol. The summed E-state index contributed by atoms with van der Waals surface area (Å²) >= 11 is 0. The van der Waals surface area contributed by atoms with Gasteiger partial charge < -0.3 is 4.90 Å². The van der Waals surface area contributed by atoms with Crippen LogP contribution in [0.4, 0.5) is 17.1 Å². The lowest BCUT2D eigenvalue weighted by Gasteiger charge is -2.28. The number of anilines is 3. The molecule has 0 saturated heterocycles. The molecule has 0 bridgehead atoms. The van der Waals surface area contributed by atoms with E-state index in [1.54, 1.807) is 0 Å². The minimum atomic E-state index is 1.12. The van der Waals surface area contributed by atoms with E-state index < -0.39 is 0 Å². The first-order valence-electron chi connectivity index (χ1n) is 16.2. The van der Waals surface area contributed by atoms with Gasteiger partial charge in [-0.25, -0.2) is 0 Å². The summed E-state index contributed by atoms with van der Waals surface area (Å²) < 4.78 is 0. The van der Waals surface area contributed by atoms with Crippen molar-refractivity contribution in [3.63, 3.8) is 0 Å². The zero-order chi connectivity index (χ0) is 31.2. The molecule has 1 nitrogen and oxygen atoms in total. The molecule has 0 unspecified atom stereocenters. The molecule has 0 saturated carbocycles. The molecule has 0 amide bonds. The standard InChI is InChI=1S/C46H31N/c1-3-16-34(17-4-1)45-40-23-11-12-24-41(40)46(36-27-26-32-14-7-8-18-35(32)30-36)42-29-28-38(31-43(42)45)47(37-20-5-2-6-21-37)44-25-13-19-33-15-9-10-22-39(33)44/h1-31H. The maximum absolute atomic E-state index is 2.41. The molecule has 0 aliphatic rings. The Kier molecular flexibility index (Phi) is 6.54. The fourth-order valence-corrected chi connectivity index (χ4v) is 7.28. The molecule has 9 rings (SSSR count). The third kappa shape index (κ3) is 4.64. The summed E-state index contributed by atoms with van der Waals surface area (Å²) in [6.45, 7) is 0. The number of hydrogen-bond acceptors (Lipinski definition) is 1. The van der Waals surface area contributed by atoms with Crippen LogP contribution in [0.2, 0.25) is 0 Å². The van der Waals surface area contributed by atoms with Gasteiger partial charge >= 0.3 is 0 Å². The van der Waals surface area contributed by atoms with Gasteiger partial charge in [0.1, 0.15) is 0 Å². The molecule has 0 radical (unpaired) electrons. The van der Waals surface area contributed by atoms with Gasteiger partial charge in [-0.2, -0.15) is 0 Å². The summed E-state index contributed by atoms with van der Waals surface area (Å²) in [7, 11) is 0. The number of rotatable bonds is 5. The summed E-state index contributed by atoms with van der Waals surface area (Å²) in [5.41, 5.74) is 8.37. The highest BCUT2D eigenvalue weighted by Gasteiger charge is 2.20. The molecular weight excluding hydrogens is 567 g/mol. The topological polar surface area (TPSA) is 3.24 Å². The van der Waals surface area contributed by atoms with Crippen LogP contribution in [0.3, 0.4) is 0 Å². The molecule has 0 aliphatic carbocycles. The van der Waals surface area contributed by atoms with Crippen LogP contribution in [0.25, 0.3) is 65.3 Å². The van der Waals surface area contributed by atoms with Crippen molar-refractivity contribution in [3.8, 4) is 22.3 Å². The van der Waals surface area contributed by atoms with Crippen molar-refractivity contribution >= 4 is 60.2 Å². The molecule has 47 heavy (non-hydrogen) atoms. The van der Waals surface area contributed by atoms with Gasteiger partial charge in [0.05, 0.1) is 5.69 Å². The van der Waals surface area contributed by atoms with E-state index in [2.05, 4.69) is 193 Å². The van der Waals surface area contributed by atoms with Crippen molar-refractivity contribution in [1.82, 2.24) is 0 Å². The average molecular weight is 598 g/mol. The van der Waals surface area contributed by atoms with Crippen LogP contribution >= 0.6 is 0 Å². The molecule has 0 aromatic heterocycles. The van der Waals surface area contributed by atoms with Gasteiger partial charge in [0.25, 0.3) is 0 Å². The largest absolute Gasteiger partial charge is 0.310 e. The maximum atomic E-state index is 2.41. The molecule has 0 spiro atoms. The highest BCUT2D eigenvalue weighted by atomic mass is 15.1. The first-order chi connectivity index (χ1) is 23.3. The Balaban J connectivity index is 1.39. The van der Waals surface area contributed by atoms with Gasteiger partial charge in [-0.3, -0.25) is 0 Å². The number of benzene rings is 9.